The van der Waals surface area contributed by atoms with Crippen molar-refractivity contribution in [2.24, 2.45) is 11.7 Å². The van der Waals surface area contributed by atoms with E-state index in [9.17, 15) is 13.2 Å². The van der Waals surface area contributed by atoms with Crippen LogP contribution in [0.25, 0.3) is 0 Å². The second kappa shape index (κ2) is 2.98. The quantitative estimate of drug-likeness (QED) is 0.633. The SMILES string of the molecule is NC[C@H]1CO[C@@H](C(F)(F)F)C1. The summed E-state index contributed by atoms with van der Waals surface area (Å²) in [5.74, 6) is -0.123. The summed E-state index contributed by atoms with van der Waals surface area (Å²) in [5.41, 5.74) is 5.19. The molecule has 66 valence electrons. The van der Waals surface area contributed by atoms with Gasteiger partial charge in [-0.25, -0.2) is 0 Å². The lowest BCUT2D eigenvalue weighted by atomic mass is 10.1. The average molecular weight is 169 g/mol. The number of rotatable bonds is 1. The van der Waals surface area contributed by atoms with Crippen LogP contribution in [0.2, 0.25) is 0 Å². The van der Waals surface area contributed by atoms with Gasteiger partial charge in [0.15, 0.2) is 6.10 Å². The molecule has 1 heterocycles. The highest BCUT2D eigenvalue weighted by molar-refractivity contribution is 4.79. The van der Waals surface area contributed by atoms with E-state index in [1.165, 1.54) is 0 Å². The molecule has 0 aromatic heterocycles. The van der Waals surface area contributed by atoms with Crippen LogP contribution in [0.3, 0.4) is 0 Å². The van der Waals surface area contributed by atoms with Crippen LogP contribution in [-0.4, -0.2) is 25.4 Å². The molecule has 1 fully saturated rings. The molecule has 0 spiro atoms. The molecular formula is C6H10F3NO. The molecule has 2 nitrogen and oxygen atoms in total. The van der Waals surface area contributed by atoms with Gasteiger partial charge in [0, 0.05) is 0 Å². The Hall–Kier alpha value is -0.290. The summed E-state index contributed by atoms with van der Waals surface area (Å²) in [5, 5.41) is 0. The van der Waals surface area contributed by atoms with Crippen molar-refractivity contribution in [3.05, 3.63) is 0 Å². The summed E-state index contributed by atoms with van der Waals surface area (Å²) in [6.45, 7) is 0.410. The molecule has 0 aromatic carbocycles. The van der Waals surface area contributed by atoms with Crippen molar-refractivity contribution in [2.45, 2.75) is 18.7 Å². The van der Waals surface area contributed by atoms with Crippen molar-refractivity contribution in [1.29, 1.82) is 0 Å². The van der Waals surface area contributed by atoms with Crippen LogP contribution in [0.5, 0.6) is 0 Å². The number of hydrogen-bond donors (Lipinski definition) is 1. The molecule has 0 unspecified atom stereocenters. The molecule has 2 atom stereocenters. The maximum atomic E-state index is 11.9. The van der Waals surface area contributed by atoms with Gasteiger partial charge in [-0.2, -0.15) is 13.2 Å². The molecule has 0 aromatic rings. The third-order valence-electron chi connectivity index (χ3n) is 1.78. The number of nitrogens with two attached hydrogens (primary N) is 1. The van der Waals surface area contributed by atoms with E-state index in [0.717, 1.165) is 0 Å². The van der Waals surface area contributed by atoms with Crippen molar-refractivity contribution in [3.8, 4) is 0 Å². The minimum Gasteiger partial charge on any atom is -0.368 e. The third-order valence-corrected chi connectivity index (χ3v) is 1.78. The maximum absolute atomic E-state index is 11.9. The highest BCUT2D eigenvalue weighted by atomic mass is 19.4. The fourth-order valence-electron chi connectivity index (χ4n) is 1.08. The Labute approximate surface area is 62.5 Å². The summed E-state index contributed by atoms with van der Waals surface area (Å²) in [6.07, 6.45) is -5.79. The van der Waals surface area contributed by atoms with Gasteiger partial charge in [-0.05, 0) is 18.9 Å². The van der Waals surface area contributed by atoms with Gasteiger partial charge >= 0.3 is 6.18 Å². The number of halogens is 3. The van der Waals surface area contributed by atoms with Crippen LogP contribution in [0.1, 0.15) is 6.42 Å². The monoisotopic (exact) mass is 169 g/mol. The van der Waals surface area contributed by atoms with E-state index in [1.54, 1.807) is 0 Å². The molecule has 1 aliphatic rings. The topological polar surface area (TPSA) is 35.2 Å². The van der Waals surface area contributed by atoms with E-state index >= 15 is 0 Å². The van der Waals surface area contributed by atoms with Crippen molar-refractivity contribution >= 4 is 0 Å². The minimum atomic E-state index is -4.22. The summed E-state index contributed by atoms with van der Waals surface area (Å²) >= 11 is 0. The molecule has 1 aliphatic heterocycles. The van der Waals surface area contributed by atoms with Crippen LogP contribution < -0.4 is 5.73 Å². The predicted molar refractivity (Wildman–Crippen MR) is 33.0 cm³/mol. The Morgan fingerprint density at radius 1 is 1.45 bits per heavy atom. The average Bonchev–Trinajstić information content (AvgIpc) is 2.32. The van der Waals surface area contributed by atoms with Crippen LogP contribution in [0.4, 0.5) is 13.2 Å². The number of alkyl halides is 3. The molecule has 2 N–H and O–H groups in total. The molecule has 0 amide bonds. The normalized spacial score (nSPS) is 32.7. The van der Waals surface area contributed by atoms with Gasteiger partial charge in [-0.15, -0.1) is 0 Å². The van der Waals surface area contributed by atoms with Crippen molar-refractivity contribution in [1.82, 2.24) is 0 Å². The van der Waals surface area contributed by atoms with E-state index in [-0.39, 0.29) is 25.5 Å². The van der Waals surface area contributed by atoms with Gasteiger partial charge in [-0.3, -0.25) is 0 Å². The Balaban J connectivity index is 2.42. The second-order valence-corrected chi connectivity index (χ2v) is 2.70. The van der Waals surface area contributed by atoms with Crippen LogP contribution in [0.15, 0.2) is 0 Å². The first-order chi connectivity index (χ1) is 5.04. The minimum absolute atomic E-state index is 0.0139. The highest BCUT2D eigenvalue weighted by Gasteiger charge is 2.45. The Bertz CT molecular complexity index is 136. The molecule has 0 saturated carbocycles. The van der Waals surface area contributed by atoms with Crippen molar-refractivity contribution in [2.75, 3.05) is 13.2 Å². The number of hydrogen-bond acceptors (Lipinski definition) is 2. The fraction of sp³-hybridized carbons (Fsp3) is 1.00. The van der Waals surface area contributed by atoms with Gasteiger partial charge in [-0.1, -0.05) is 0 Å². The van der Waals surface area contributed by atoms with Gasteiger partial charge in [0.2, 0.25) is 0 Å². The third kappa shape index (κ3) is 2.07. The molecule has 0 aliphatic carbocycles. The molecular weight excluding hydrogens is 159 g/mol. The first-order valence-corrected chi connectivity index (χ1v) is 3.42. The van der Waals surface area contributed by atoms with E-state index < -0.39 is 12.3 Å². The largest absolute Gasteiger partial charge is 0.414 e. The summed E-state index contributed by atoms with van der Waals surface area (Å²) in [7, 11) is 0. The van der Waals surface area contributed by atoms with Crippen LogP contribution in [0, 0.1) is 5.92 Å². The van der Waals surface area contributed by atoms with Crippen molar-refractivity contribution in [3.63, 3.8) is 0 Å². The molecule has 0 radical (unpaired) electrons. The molecule has 5 heteroatoms. The molecule has 1 saturated heterocycles. The zero-order chi connectivity index (χ0) is 8.48. The van der Waals surface area contributed by atoms with Crippen LogP contribution in [-0.2, 0) is 4.74 Å². The predicted octanol–water partition coefficient (Wildman–Crippen LogP) is 0.912. The molecule has 11 heavy (non-hydrogen) atoms. The van der Waals surface area contributed by atoms with Crippen molar-refractivity contribution < 1.29 is 17.9 Å². The van der Waals surface area contributed by atoms with E-state index in [2.05, 4.69) is 4.74 Å². The van der Waals surface area contributed by atoms with Gasteiger partial charge in [0.25, 0.3) is 0 Å². The van der Waals surface area contributed by atoms with E-state index in [1.807, 2.05) is 0 Å². The Morgan fingerprint density at radius 3 is 2.36 bits per heavy atom. The Morgan fingerprint density at radius 2 is 2.09 bits per heavy atom. The van der Waals surface area contributed by atoms with E-state index in [4.69, 9.17) is 5.73 Å². The van der Waals surface area contributed by atoms with Crippen LogP contribution >= 0.6 is 0 Å². The zero-order valence-electron chi connectivity index (χ0n) is 5.90. The summed E-state index contributed by atoms with van der Waals surface area (Å²) in [4.78, 5) is 0. The van der Waals surface area contributed by atoms with Gasteiger partial charge in [0.1, 0.15) is 0 Å². The van der Waals surface area contributed by atoms with Gasteiger partial charge < -0.3 is 10.5 Å². The smallest absolute Gasteiger partial charge is 0.368 e. The summed E-state index contributed by atoms with van der Waals surface area (Å²) < 4.78 is 40.2. The maximum Gasteiger partial charge on any atom is 0.414 e. The zero-order valence-corrected chi connectivity index (χ0v) is 5.90. The van der Waals surface area contributed by atoms with E-state index in [0.29, 0.717) is 0 Å². The number of ether oxygens (including phenoxy) is 1. The highest BCUT2D eigenvalue weighted by Crippen LogP contribution is 2.32. The molecule has 0 bridgehead atoms. The first kappa shape index (κ1) is 8.80. The van der Waals surface area contributed by atoms with Gasteiger partial charge in [0.05, 0.1) is 6.61 Å². The lowest BCUT2D eigenvalue weighted by molar-refractivity contribution is -0.206. The Kier molecular flexibility index (Phi) is 2.39. The second-order valence-electron chi connectivity index (χ2n) is 2.70. The fourth-order valence-corrected chi connectivity index (χ4v) is 1.08. The first-order valence-electron chi connectivity index (χ1n) is 3.42. The molecule has 1 rings (SSSR count). The standard InChI is InChI=1S/C6H10F3NO/c7-6(8,9)5-1-4(2-10)3-11-5/h4-5H,1-3,10H2/t4-,5+/m0/s1. The lowest BCUT2D eigenvalue weighted by Crippen LogP contribution is -2.28. The summed E-state index contributed by atoms with van der Waals surface area (Å²) in [6, 6.07) is 0. The lowest BCUT2D eigenvalue weighted by Gasteiger charge is -2.12.